The summed E-state index contributed by atoms with van der Waals surface area (Å²) in [5, 5.41) is 6.51. The van der Waals surface area contributed by atoms with Crippen LogP contribution in [0.5, 0.6) is 0 Å². The molecule has 3 rings (SSSR count). The van der Waals surface area contributed by atoms with Crippen LogP contribution in [0.1, 0.15) is 11.6 Å². The van der Waals surface area contributed by atoms with Gasteiger partial charge in [0.1, 0.15) is 5.01 Å². The Balaban J connectivity index is 1.89. The van der Waals surface area contributed by atoms with E-state index in [0.29, 0.717) is 5.92 Å². The maximum absolute atomic E-state index is 5.90. The van der Waals surface area contributed by atoms with Crippen molar-refractivity contribution in [3.63, 3.8) is 0 Å². The second-order valence-corrected chi connectivity index (χ2v) is 6.11. The number of halogens is 1. The third-order valence-electron chi connectivity index (χ3n) is 2.51. The van der Waals surface area contributed by atoms with Gasteiger partial charge in [0.2, 0.25) is 0 Å². The van der Waals surface area contributed by atoms with Gasteiger partial charge in [-0.2, -0.15) is 0 Å². The number of aromatic nitrogens is 1. The molecule has 78 valence electrons. The van der Waals surface area contributed by atoms with E-state index in [1.807, 2.05) is 12.1 Å². The summed E-state index contributed by atoms with van der Waals surface area (Å²) in [6.07, 6.45) is 0. The number of nitrogens with one attached hydrogen (secondary N) is 1. The van der Waals surface area contributed by atoms with Crippen LogP contribution in [0.15, 0.2) is 17.5 Å². The molecule has 0 saturated carbocycles. The minimum atomic E-state index is 0.616. The van der Waals surface area contributed by atoms with Crippen molar-refractivity contribution in [1.82, 2.24) is 10.3 Å². The van der Waals surface area contributed by atoms with Gasteiger partial charge in [-0.05, 0) is 12.1 Å². The molecule has 0 atom stereocenters. The number of hydrogen-bond acceptors (Lipinski definition) is 4. The van der Waals surface area contributed by atoms with E-state index >= 15 is 0 Å². The molecule has 2 aromatic rings. The third kappa shape index (κ3) is 1.83. The quantitative estimate of drug-likeness (QED) is 0.893. The van der Waals surface area contributed by atoms with E-state index in [-0.39, 0.29) is 0 Å². The first-order valence-electron chi connectivity index (χ1n) is 4.75. The monoisotopic (exact) mass is 256 g/mol. The molecule has 0 radical (unpaired) electrons. The number of thiazole rings is 1. The molecule has 2 nitrogen and oxygen atoms in total. The molecule has 0 aliphatic carbocycles. The van der Waals surface area contributed by atoms with E-state index in [9.17, 15) is 0 Å². The first-order valence-corrected chi connectivity index (χ1v) is 6.82. The lowest BCUT2D eigenvalue weighted by Gasteiger charge is -2.25. The number of hydrogen-bond donors (Lipinski definition) is 1. The standard InChI is InChI=1S/C10H9ClN2S2/c11-9-2-1-8(15-9)10-13-7(5-14-10)6-3-12-4-6/h1-2,5-6,12H,3-4H2. The highest BCUT2D eigenvalue weighted by Crippen LogP contribution is 2.34. The Labute approximate surface area is 101 Å². The molecule has 1 aliphatic rings. The SMILES string of the molecule is Clc1ccc(-c2nc(C3CNC3)cs2)s1. The molecule has 0 bridgehead atoms. The summed E-state index contributed by atoms with van der Waals surface area (Å²) < 4.78 is 0.826. The minimum absolute atomic E-state index is 0.616. The fourth-order valence-corrected chi connectivity index (χ4v) is 3.53. The fraction of sp³-hybridized carbons (Fsp3) is 0.300. The van der Waals surface area contributed by atoms with E-state index < -0.39 is 0 Å². The molecule has 2 aromatic heterocycles. The van der Waals surface area contributed by atoms with Crippen LogP contribution in [0.3, 0.4) is 0 Å². The summed E-state index contributed by atoms with van der Waals surface area (Å²) >= 11 is 9.20. The molecule has 3 heterocycles. The summed E-state index contributed by atoms with van der Waals surface area (Å²) in [5.41, 5.74) is 1.22. The normalized spacial score (nSPS) is 16.6. The molecule has 0 spiro atoms. The smallest absolute Gasteiger partial charge is 0.133 e. The Kier molecular flexibility index (Phi) is 2.52. The van der Waals surface area contributed by atoms with Crippen LogP contribution >= 0.6 is 34.3 Å². The van der Waals surface area contributed by atoms with Crippen LogP contribution in [0.4, 0.5) is 0 Å². The highest BCUT2D eigenvalue weighted by atomic mass is 35.5. The Bertz CT molecular complexity index is 473. The van der Waals surface area contributed by atoms with Crippen LogP contribution in [0.2, 0.25) is 4.34 Å². The lowest BCUT2D eigenvalue weighted by molar-refractivity contribution is 0.441. The second-order valence-electron chi connectivity index (χ2n) is 3.54. The number of thiophene rings is 1. The van der Waals surface area contributed by atoms with Crippen molar-refractivity contribution in [2.45, 2.75) is 5.92 Å². The van der Waals surface area contributed by atoms with E-state index in [1.54, 1.807) is 22.7 Å². The Morgan fingerprint density at radius 3 is 2.87 bits per heavy atom. The van der Waals surface area contributed by atoms with Gasteiger partial charge in [-0.15, -0.1) is 22.7 Å². The molecular weight excluding hydrogens is 248 g/mol. The van der Waals surface area contributed by atoms with E-state index in [1.165, 1.54) is 10.6 Å². The molecule has 1 aliphatic heterocycles. The van der Waals surface area contributed by atoms with Crippen LogP contribution < -0.4 is 5.32 Å². The Hall–Kier alpha value is -0.420. The summed E-state index contributed by atoms with van der Waals surface area (Å²) in [6, 6.07) is 3.96. The first-order chi connectivity index (χ1) is 7.33. The Morgan fingerprint density at radius 2 is 2.27 bits per heavy atom. The minimum Gasteiger partial charge on any atom is -0.315 e. The average molecular weight is 257 g/mol. The zero-order valence-electron chi connectivity index (χ0n) is 7.87. The van der Waals surface area contributed by atoms with Crippen molar-refractivity contribution in [1.29, 1.82) is 0 Å². The molecular formula is C10H9ClN2S2. The maximum Gasteiger partial charge on any atom is 0.133 e. The summed E-state index contributed by atoms with van der Waals surface area (Å²) in [6.45, 7) is 2.13. The molecule has 5 heteroatoms. The van der Waals surface area contributed by atoms with Gasteiger partial charge in [0.25, 0.3) is 0 Å². The van der Waals surface area contributed by atoms with Crippen LogP contribution in [-0.2, 0) is 0 Å². The van der Waals surface area contributed by atoms with Gasteiger partial charge >= 0.3 is 0 Å². The zero-order chi connectivity index (χ0) is 10.3. The van der Waals surface area contributed by atoms with Gasteiger partial charge in [0, 0.05) is 24.4 Å². The average Bonchev–Trinajstić information content (AvgIpc) is 2.70. The summed E-state index contributed by atoms with van der Waals surface area (Å²) in [7, 11) is 0. The van der Waals surface area contributed by atoms with Crippen molar-refractivity contribution in [3.8, 4) is 9.88 Å². The predicted octanol–water partition coefficient (Wildman–Crippen LogP) is 3.21. The van der Waals surface area contributed by atoms with Crippen molar-refractivity contribution in [3.05, 3.63) is 27.5 Å². The maximum atomic E-state index is 5.90. The highest BCUT2D eigenvalue weighted by Gasteiger charge is 2.21. The lowest BCUT2D eigenvalue weighted by Crippen LogP contribution is -2.40. The summed E-state index contributed by atoms with van der Waals surface area (Å²) in [5.74, 6) is 0.616. The van der Waals surface area contributed by atoms with E-state index in [2.05, 4.69) is 15.7 Å². The number of nitrogens with zero attached hydrogens (tertiary/aromatic N) is 1. The molecule has 0 aromatic carbocycles. The van der Waals surface area contributed by atoms with Crippen molar-refractivity contribution < 1.29 is 0 Å². The molecule has 15 heavy (non-hydrogen) atoms. The largest absolute Gasteiger partial charge is 0.315 e. The zero-order valence-corrected chi connectivity index (χ0v) is 10.3. The molecule has 1 fully saturated rings. The summed E-state index contributed by atoms with van der Waals surface area (Å²) in [4.78, 5) is 5.82. The Morgan fingerprint density at radius 1 is 1.40 bits per heavy atom. The van der Waals surface area contributed by atoms with Gasteiger partial charge in [-0.25, -0.2) is 4.98 Å². The molecule has 1 saturated heterocycles. The van der Waals surface area contributed by atoms with Crippen LogP contribution in [0.25, 0.3) is 9.88 Å². The lowest BCUT2D eigenvalue weighted by atomic mass is 10.0. The van der Waals surface area contributed by atoms with E-state index in [0.717, 1.165) is 22.4 Å². The van der Waals surface area contributed by atoms with Gasteiger partial charge in [-0.3, -0.25) is 0 Å². The van der Waals surface area contributed by atoms with Crippen LogP contribution in [-0.4, -0.2) is 18.1 Å². The van der Waals surface area contributed by atoms with Crippen molar-refractivity contribution >= 4 is 34.3 Å². The highest BCUT2D eigenvalue weighted by molar-refractivity contribution is 7.23. The molecule has 0 amide bonds. The van der Waals surface area contributed by atoms with Gasteiger partial charge in [0.05, 0.1) is 14.9 Å². The predicted molar refractivity (Wildman–Crippen MR) is 66.0 cm³/mol. The number of rotatable bonds is 2. The second kappa shape index (κ2) is 3.87. The van der Waals surface area contributed by atoms with Crippen molar-refractivity contribution in [2.24, 2.45) is 0 Å². The first kappa shape index (κ1) is 9.78. The van der Waals surface area contributed by atoms with Gasteiger partial charge in [0.15, 0.2) is 0 Å². The van der Waals surface area contributed by atoms with Gasteiger partial charge < -0.3 is 5.32 Å². The van der Waals surface area contributed by atoms with E-state index in [4.69, 9.17) is 11.6 Å². The molecule has 0 unspecified atom stereocenters. The van der Waals surface area contributed by atoms with Crippen LogP contribution in [0, 0.1) is 0 Å². The fourth-order valence-electron chi connectivity index (χ4n) is 1.51. The van der Waals surface area contributed by atoms with Crippen molar-refractivity contribution in [2.75, 3.05) is 13.1 Å². The molecule has 1 N–H and O–H groups in total. The third-order valence-corrected chi connectivity index (χ3v) is 4.77. The van der Waals surface area contributed by atoms with Gasteiger partial charge in [-0.1, -0.05) is 11.6 Å². The topological polar surface area (TPSA) is 24.9 Å².